The van der Waals surface area contributed by atoms with Crippen LogP contribution in [0, 0.1) is 5.92 Å². The normalized spacial score (nSPS) is 15.6. The van der Waals surface area contributed by atoms with Gasteiger partial charge in [-0.15, -0.1) is 0 Å². The average molecular weight is 283 g/mol. The Morgan fingerprint density at radius 1 is 1.30 bits per heavy atom. The van der Waals surface area contributed by atoms with Crippen LogP contribution in [0.25, 0.3) is 0 Å². The maximum atomic E-state index is 10.9. The van der Waals surface area contributed by atoms with Crippen LogP contribution < -0.4 is 5.73 Å². The van der Waals surface area contributed by atoms with Gasteiger partial charge in [-0.1, -0.05) is 13.0 Å². The predicted octanol–water partition coefficient (Wildman–Crippen LogP) is 1.56. The first-order valence-corrected chi connectivity index (χ1v) is 6.40. The summed E-state index contributed by atoms with van der Waals surface area (Å²) in [5.74, 6) is -2.26. The van der Waals surface area contributed by atoms with E-state index in [1.54, 1.807) is 0 Å². The molecule has 1 rings (SSSR count). The predicted molar refractivity (Wildman–Crippen MR) is 73.8 cm³/mol. The quantitative estimate of drug-likeness (QED) is 0.505. The summed E-state index contributed by atoms with van der Waals surface area (Å²) in [6.07, 6.45) is 1.38. The third kappa shape index (κ3) is 3.77. The smallest absolute Gasteiger partial charge is 0.323 e. The van der Waals surface area contributed by atoms with Gasteiger partial charge in [-0.3, -0.25) is 4.79 Å². The molecule has 0 radical (unpaired) electrons. The van der Waals surface area contributed by atoms with Gasteiger partial charge in [0.1, 0.15) is 5.54 Å². The summed E-state index contributed by atoms with van der Waals surface area (Å²) in [6, 6.07) is 2.83. The molecule has 0 aliphatic rings. The highest BCUT2D eigenvalue weighted by atomic mass is 16.4. The molecule has 0 aliphatic heterocycles. The van der Waals surface area contributed by atoms with Crippen LogP contribution in [0.1, 0.15) is 32.3 Å². The molecular weight excluding hydrogens is 262 g/mol. The summed E-state index contributed by atoms with van der Waals surface area (Å²) >= 11 is 0. The van der Waals surface area contributed by atoms with Gasteiger partial charge in [0.2, 0.25) is 5.75 Å². The van der Waals surface area contributed by atoms with Crippen molar-refractivity contribution in [3.05, 3.63) is 17.7 Å². The maximum Gasteiger partial charge on any atom is 0.323 e. The van der Waals surface area contributed by atoms with Gasteiger partial charge in [-0.2, -0.15) is 0 Å². The van der Waals surface area contributed by atoms with Gasteiger partial charge in [0, 0.05) is 0 Å². The van der Waals surface area contributed by atoms with E-state index < -0.39 is 17.3 Å². The molecule has 112 valence electrons. The van der Waals surface area contributed by atoms with Crippen LogP contribution in [0.2, 0.25) is 0 Å². The fourth-order valence-corrected chi connectivity index (χ4v) is 2.13. The maximum absolute atomic E-state index is 10.9. The van der Waals surface area contributed by atoms with E-state index in [1.165, 1.54) is 19.1 Å². The second-order valence-corrected chi connectivity index (χ2v) is 5.51. The monoisotopic (exact) mass is 283 g/mol. The third-order valence-electron chi connectivity index (χ3n) is 3.38. The number of aryl methyl sites for hydroxylation is 1. The van der Waals surface area contributed by atoms with Gasteiger partial charge < -0.3 is 26.2 Å². The Balaban J connectivity index is 2.64. The van der Waals surface area contributed by atoms with Crippen molar-refractivity contribution in [1.82, 2.24) is 0 Å². The van der Waals surface area contributed by atoms with E-state index in [9.17, 15) is 20.1 Å². The van der Waals surface area contributed by atoms with Crippen LogP contribution in [0.15, 0.2) is 12.1 Å². The van der Waals surface area contributed by atoms with E-state index in [4.69, 9.17) is 10.8 Å². The molecule has 6 nitrogen and oxygen atoms in total. The first kappa shape index (κ1) is 16.1. The summed E-state index contributed by atoms with van der Waals surface area (Å²) in [5.41, 5.74) is 4.90. The van der Waals surface area contributed by atoms with Crippen molar-refractivity contribution in [2.45, 2.75) is 38.6 Å². The SMILES string of the molecule is CC(CCc1ccc(O)c(O)c1O)CC(C)(N)C(=O)O. The minimum atomic E-state index is -1.28. The number of rotatable bonds is 6. The van der Waals surface area contributed by atoms with Gasteiger partial charge in [-0.05, 0) is 43.7 Å². The Labute approximate surface area is 117 Å². The number of phenols is 3. The van der Waals surface area contributed by atoms with Gasteiger partial charge in [0.25, 0.3) is 0 Å². The van der Waals surface area contributed by atoms with E-state index >= 15 is 0 Å². The molecule has 0 fully saturated rings. The number of carbonyl (C=O) groups is 1. The number of hydrogen-bond donors (Lipinski definition) is 5. The first-order valence-electron chi connectivity index (χ1n) is 6.40. The minimum absolute atomic E-state index is 0.0384. The standard InChI is InChI=1S/C14H21NO5/c1-8(7-14(2,15)13(19)20)3-4-9-5-6-10(16)12(18)11(9)17/h5-6,8,16-18H,3-4,7,15H2,1-2H3,(H,19,20). The highest BCUT2D eigenvalue weighted by Crippen LogP contribution is 2.37. The molecular formula is C14H21NO5. The average Bonchev–Trinajstić information content (AvgIpc) is 2.34. The molecule has 0 aromatic heterocycles. The van der Waals surface area contributed by atoms with Crippen molar-refractivity contribution in [2.75, 3.05) is 0 Å². The van der Waals surface area contributed by atoms with Crippen LogP contribution in [0.3, 0.4) is 0 Å². The van der Waals surface area contributed by atoms with Crippen molar-refractivity contribution >= 4 is 5.97 Å². The fourth-order valence-electron chi connectivity index (χ4n) is 2.13. The molecule has 2 atom stereocenters. The van der Waals surface area contributed by atoms with Crippen molar-refractivity contribution in [3.8, 4) is 17.2 Å². The van der Waals surface area contributed by atoms with Gasteiger partial charge >= 0.3 is 5.97 Å². The number of phenolic OH excluding ortho intramolecular Hbond substituents is 3. The molecule has 0 heterocycles. The van der Waals surface area contributed by atoms with E-state index in [-0.39, 0.29) is 17.4 Å². The van der Waals surface area contributed by atoms with Crippen LogP contribution >= 0.6 is 0 Å². The molecule has 0 saturated carbocycles. The summed E-state index contributed by atoms with van der Waals surface area (Å²) < 4.78 is 0. The lowest BCUT2D eigenvalue weighted by Gasteiger charge is -2.23. The Morgan fingerprint density at radius 2 is 1.90 bits per heavy atom. The summed E-state index contributed by atoms with van der Waals surface area (Å²) in [7, 11) is 0. The number of nitrogens with two attached hydrogens (primary N) is 1. The number of hydrogen-bond acceptors (Lipinski definition) is 5. The number of carboxylic acid groups (broad SMARTS) is 1. The van der Waals surface area contributed by atoms with Gasteiger partial charge in [0.15, 0.2) is 11.5 Å². The lowest BCUT2D eigenvalue weighted by atomic mass is 9.87. The number of aliphatic carboxylic acids is 1. The molecule has 6 heteroatoms. The Hall–Kier alpha value is -1.95. The first-order chi connectivity index (χ1) is 9.15. The van der Waals surface area contributed by atoms with Crippen LogP contribution in [-0.2, 0) is 11.2 Å². The molecule has 0 saturated heterocycles. The Bertz CT molecular complexity index is 499. The summed E-state index contributed by atoms with van der Waals surface area (Å²) in [4.78, 5) is 10.9. The number of carboxylic acids is 1. The third-order valence-corrected chi connectivity index (χ3v) is 3.38. The van der Waals surface area contributed by atoms with E-state index in [0.29, 0.717) is 24.8 Å². The van der Waals surface area contributed by atoms with Gasteiger partial charge in [0.05, 0.1) is 0 Å². The second kappa shape index (κ2) is 6.00. The van der Waals surface area contributed by atoms with Crippen molar-refractivity contribution in [1.29, 1.82) is 0 Å². The van der Waals surface area contributed by atoms with E-state index in [2.05, 4.69) is 0 Å². The highest BCUT2D eigenvalue weighted by molar-refractivity contribution is 5.77. The van der Waals surface area contributed by atoms with Crippen molar-refractivity contribution in [3.63, 3.8) is 0 Å². The van der Waals surface area contributed by atoms with E-state index in [0.717, 1.165) is 0 Å². The molecule has 1 aromatic carbocycles. The van der Waals surface area contributed by atoms with E-state index in [1.807, 2.05) is 6.92 Å². The summed E-state index contributed by atoms with van der Waals surface area (Å²) in [5, 5.41) is 37.3. The molecule has 0 aliphatic carbocycles. The zero-order valence-electron chi connectivity index (χ0n) is 11.6. The van der Waals surface area contributed by atoms with Gasteiger partial charge in [-0.25, -0.2) is 0 Å². The molecule has 20 heavy (non-hydrogen) atoms. The lowest BCUT2D eigenvalue weighted by molar-refractivity contribution is -0.143. The van der Waals surface area contributed by atoms with Crippen molar-refractivity contribution < 1.29 is 25.2 Å². The minimum Gasteiger partial charge on any atom is -0.504 e. The molecule has 0 spiro atoms. The molecule has 1 aromatic rings. The second-order valence-electron chi connectivity index (χ2n) is 5.51. The zero-order valence-corrected chi connectivity index (χ0v) is 11.6. The Morgan fingerprint density at radius 3 is 2.45 bits per heavy atom. The largest absolute Gasteiger partial charge is 0.504 e. The molecule has 0 bridgehead atoms. The number of benzene rings is 1. The Kier molecular flexibility index (Phi) is 4.83. The molecule has 2 unspecified atom stereocenters. The number of aromatic hydroxyl groups is 3. The summed E-state index contributed by atoms with van der Waals surface area (Å²) in [6.45, 7) is 3.35. The zero-order chi connectivity index (χ0) is 15.5. The van der Waals surface area contributed by atoms with Crippen molar-refractivity contribution in [2.24, 2.45) is 11.7 Å². The lowest BCUT2D eigenvalue weighted by Crippen LogP contribution is -2.46. The van der Waals surface area contributed by atoms with Crippen LogP contribution in [0.4, 0.5) is 0 Å². The van der Waals surface area contributed by atoms with Crippen LogP contribution in [0.5, 0.6) is 17.2 Å². The topological polar surface area (TPSA) is 124 Å². The molecule has 0 amide bonds. The van der Waals surface area contributed by atoms with Crippen LogP contribution in [-0.4, -0.2) is 31.9 Å². The molecule has 6 N–H and O–H groups in total. The highest BCUT2D eigenvalue weighted by Gasteiger charge is 2.29. The fraction of sp³-hybridized carbons (Fsp3) is 0.500.